The van der Waals surface area contributed by atoms with Crippen LogP contribution in [0.3, 0.4) is 0 Å². The molecule has 2 rings (SSSR count). The number of rotatable bonds is 9. The second kappa shape index (κ2) is 8.02. The minimum Gasteiger partial charge on any atom is -0.494 e. The quantitative estimate of drug-likeness (QED) is 0.677. The van der Waals surface area contributed by atoms with E-state index in [1.807, 2.05) is 19.1 Å². The number of hydrogen-bond donors (Lipinski definition) is 1. The third-order valence-corrected chi connectivity index (χ3v) is 4.40. The lowest BCUT2D eigenvalue weighted by Gasteiger charge is -2.05. The molecule has 22 heavy (non-hydrogen) atoms. The molecule has 0 bridgehead atoms. The Labute approximate surface area is 133 Å². The predicted octanol–water partition coefficient (Wildman–Crippen LogP) is 4.63. The lowest BCUT2D eigenvalue weighted by Crippen LogP contribution is -2.12. The van der Waals surface area contributed by atoms with E-state index in [0.29, 0.717) is 11.8 Å². The Morgan fingerprint density at radius 1 is 1.41 bits per heavy atom. The van der Waals surface area contributed by atoms with Crippen LogP contribution in [0.2, 0.25) is 0 Å². The van der Waals surface area contributed by atoms with Gasteiger partial charge in [0.25, 0.3) is 0 Å². The number of carboxylic acid groups (broad SMARTS) is 1. The molecule has 120 valence electrons. The van der Waals surface area contributed by atoms with Crippen molar-refractivity contribution in [2.45, 2.75) is 39.5 Å². The molecule has 0 amide bonds. The fourth-order valence-corrected chi connectivity index (χ4v) is 2.73. The highest BCUT2D eigenvalue weighted by Crippen LogP contribution is 2.46. The molecule has 3 unspecified atom stereocenters. The smallest absolute Gasteiger partial charge is 0.306 e. The van der Waals surface area contributed by atoms with Crippen LogP contribution < -0.4 is 4.74 Å². The van der Waals surface area contributed by atoms with Crippen LogP contribution >= 0.6 is 0 Å². The largest absolute Gasteiger partial charge is 0.494 e. The maximum atomic E-state index is 10.9. The second-order valence-corrected chi connectivity index (χ2v) is 6.20. The van der Waals surface area contributed by atoms with Gasteiger partial charge in [0, 0.05) is 0 Å². The first-order valence-corrected chi connectivity index (χ1v) is 8.24. The summed E-state index contributed by atoms with van der Waals surface area (Å²) in [7, 11) is 0. The van der Waals surface area contributed by atoms with E-state index in [-0.39, 0.29) is 5.92 Å². The summed E-state index contributed by atoms with van der Waals surface area (Å²) >= 11 is 0. The van der Waals surface area contributed by atoms with Crippen molar-refractivity contribution in [1.29, 1.82) is 0 Å². The molecular formula is C19H26O3. The van der Waals surface area contributed by atoms with Crippen molar-refractivity contribution in [3.8, 4) is 5.75 Å². The lowest BCUT2D eigenvalue weighted by molar-refractivity contribution is -0.141. The first-order valence-electron chi connectivity index (χ1n) is 8.24. The highest BCUT2D eigenvalue weighted by molar-refractivity contribution is 5.70. The van der Waals surface area contributed by atoms with Gasteiger partial charge in [-0.1, -0.05) is 44.6 Å². The molecule has 1 saturated carbocycles. The zero-order valence-electron chi connectivity index (χ0n) is 13.5. The molecule has 3 atom stereocenters. The molecular weight excluding hydrogens is 276 g/mol. The fourth-order valence-electron chi connectivity index (χ4n) is 2.73. The van der Waals surface area contributed by atoms with Gasteiger partial charge in [0.1, 0.15) is 5.75 Å². The zero-order chi connectivity index (χ0) is 15.9. The monoisotopic (exact) mass is 302 g/mol. The van der Waals surface area contributed by atoms with Crippen molar-refractivity contribution in [3.05, 3.63) is 35.9 Å². The van der Waals surface area contributed by atoms with Gasteiger partial charge in [-0.05, 0) is 48.8 Å². The van der Waals surface area contributed by atoms with E-state index in [2.05, 4.69) is 31.2 Å². The van der Waals surface area contributed by atoms with Crippen LogP contribution in [0.5, 0.6) is 5.75 Å². The van der Waals surface area contributed by atoms with Crippen LogP contribution in [0.25, 0.3) is 6.08 Å². The molecule has 1 aliphatic carbocycles. The van der Waals surface area contributed by atoms with E-state index in [1.165, 1.54) is 0 Å². The third kappa shape index (κ3) is 4.90. The fraction of sp³-hybridized carbons (Fsp3) is 0.526. The second-order valence-electron chi connectivity index (χ2n) is 6.20. The van der Waals surface area contributed by atoms with Gasteiger partial charge in [0.15, 0.2) is 0 Å². The summed E-state index contributed by atoms with van der Waals surface area (Å²) in [5.74, 6) is 0.937. The van der Waals surface area contributed by atoms with E-state index in [4.69, 9.17) is 9.84 Å². The zero-order valence-corrected chi connectivity index (χ0v) is 13.5. The van der Waals surface area contributed by atoms with Crippen molar-refractivity contribution in [3.63, 3.8) is 0 Å². The van der Waals surface area contributed by atoms with E-state index >= 15 is 0 Å². The first-order chi connectivity index (χ1) is 10.6. The Morgan fingerprint density at radius 3 is 2.77 bits per heavy atom. The number of allylic oxidation sites excluding steroid dienone is 1. The summed E-state index contributed by atoms with van der Waals surface area (Å²) in [6.07, 6.45) is 8.50. The van der Waals surface area contributed by atoms with Crippen LogP contribution in [-0.4, -0.2) is 17.7 Å². The molecule has 1 aromatic rings. The summed E-state index contributed by atoms with van der Waals surface area (Å²) in [4.78, 5) is 10.9. The highest BCUT2D eigenvalue weighted by atomic mass is 16.5. The third-order valence-electron chi connectivity index (χ3n) is 4.40. The van der Waals surface area contributed by atoms with Gasteiger partial charge in [-0.25, -0.2) is 0 Å². The molecule has 0 spiro atoms. The van der Waals surface area contributed by atoms with Gasteiger partial charge < -0.3 is 9.84 Å². The Morgan fingerprint density at radius 2 is 2.14 bits per heavy atom. The van der Waals surface area contributed by atoms with E-state index in [0.717, 1.165) is 43.6 Å². The Kier molecular flexibility index (Phi) is 6.05. The summed E-state index contributed by atoms with van der Waals surface area (Å²) < 4.78 is 5.64. The van der Waals surface area contributed by atoms with Crippen molar-refractivity contribution >= 4 is 12.0 Å². The predicted molar refractivity (Wildman–Crippen MR) is 88.9 cm³/mol. The SMILES string of the molecule is CCCCOc1ccc(C=CCC2CC2C(C)C(=O)O)cc1. The van der Waals surface area contributed by atoms with E-state index in [9.17, 15) is 4.79 Å². The average Bonchev–Trinajstić information content (AvgIpc) is 3.28. The molecule has 0 aromatic heterocycles. The molecule has 1 N–H and O–H groups in total. The number of ether oxygens (including phenoxy) is 1. The maximum Gasteiger partial charge on any atom is 0.306 e. The standard InChI is InChI=1S/C19H26O3/c1-3-4-12-22-17-10-8-15(9-11-17)6-5-7-16-13-18(16)14(2)19(20)21/h5-6,8-11,14,16,18H,3-4,7,12-13H2,1-2H3,(H,20,21). The lowest BCUT2D eigenvalue weighted by atomic mass is 10.0. The summed E-state index contributed by atoms with van der Waals surface area (Å²) in [6, 6.07) is 8.12. The molecule has 1 aliphatic rings. The number of benzene rings is 1. The molecule has 1 fully saturated rings. The minimum atomic E-state index is -0.671. The van der Waals surface area contributed by atoms with Crippen molar-refractivity contribution in [1.82, 2.24) is 0 Å². The number of carboxylic acids is 1. The van der Waals surface area contributed by atoms with Crippen LogP contribution in [0.15, 0.2) is 30.3 Å². The average molecular weight is 302 g/mol. The topological polar surface area (TPSA) is 46.5 Å². The summed E-state index contributed by atoms with van der Waals surface area (Å²) in [5, 5.41) is 8.99. The molecule has 0 radical (unpaired) electrons. The summed E-state index contributed by atoms with van der Waals surface area (Å²) in [6.45, 7) is 4.74. The molecule has 3 nitrogen and oxygen atoms in total. The minimum absolute atomic E-state index is 0.210. The van der Waals surface area contributed by atoms with Crippen molar-refractivity contribution in [2.75, 3.05) is 6.61 Å². The van der Waals surface area contributed by atoms with Crippen molar-refractivity contribution < 1.29 is 14.6 Å². The Balaban J connectivity index is 1.74. The van der Waals surface area contributed by atoms with E-state index in [1.54, 1.807) is 0 Å². The van der Waals surface area contributed by atoms with Crippen molar-refractivity contribution in [2.24, 2.45) is 17.8 Å². The molecule has 3 heteroatoms. The number of unbranched alkanes of at least 4 members (excludes halogenated alkanes) is 1. The molecule has 0 aliphatic heterocycles. The van der Waals surface area contributed by atoms with Crippen LogP contribution in [0.4, 0.5) is 0 Å². The first kappa shape index (κ1) is 16.6. The number of hydrogen-bond acceptors (Lipinski definition) is 2. The normalized spacial score (nSPS) is 21.7. The van der Waals surface area contributed by atoms with Gasteiger partial charge in [0.2, 0.25) is 0 Å². The van der Waals surface area contributed by atoms with Gasteiger partial charge in [0.05, 0.1) is 12.5 Å². The van der Waals surface area contributed by atoms with Crippen LogP contribution in [-0.2, 0) is 4.79 Å². The van der Waals surface area contributed by atoms with Crippen LogP contribution in [0, 0.1) is 17.8 Å². The number of carbonyl (C=O) groups is 1. The van der Waals surface area contributed by atoms with Gasteiger partial charge in [-0.15, -0.1) is 0 Å². The summed E-state index contributed by atoms with van der Waals surface area (Å²) in [5.41, 5.74) is 1.16. The van der Waals surface area contributed by atoms with Gasteiger partial charge >= 0.3 is 5.97 Å². The molecule has 0 heterocycles. The Hall–Kier alpha value is -1.77. The van der Waals surface area contributed by atoms with E-state index < -0.39 is 5.97 Å². The van der Waals surface area contributed by atoms with Gasteiger partial charge in [-0.3, -0.25) is 4.79 Å². The van der Waals surface area contributed by atoms with Crippen LogP contribution in [0.1, 0.15) is 45.1 Å². The Bertz CT molecular complexity index is 504. The maximum absolute atomic E-state index is 10.9. The highest BCUT2D eigenvalue weighted by Gasteiger charge is 2.42. The number of aliphatic carboxylic acids is 1. The molecule has 0 saturated heterocycles. The molecule has 1 aromatic carbocycles. The van der Waals surface area contributed by atoms with Gasteiger partial charge in [-0.2, -0.15) is 0 Å².